The van der Waals surface area contributed by atoms with E-state index in [-0.39, 0.29) is 4.90 Å². The summed E-state index contributed by atoms with van der Waals surface area (Å²) in [5.74, 6) is 0.907. The molecule has 1 aliphatic carbocycles. The van der Waals surface area contributed by atoms with Crippen molar-refractivity contribution in [1.82, 2.24) is 0 Å². The maximum Gasteiger partial charge on any atom is 0.199 e. The monoisotopic (exact) mass is 716 g/mol. The van der Waals surface area contributed by atoms with Gasteiger partial charge in [-0.2, -0.15) is 10.2 Å². The number of thioether (sulfide) groups is 1. The maximum atomic E-state index is 10.8. The number of rotatable bonds is 8. The average molecular weight is 717 g/mol. The molecule has 4 aromatic carbocycles. The Hall–Kier alpha value is -5.29. The lowest BCUT2D eigenvalue weighted by atomic mass is 9.99. The third-order valence-corrected chi connectivity index (χ3v) is 9.79. The molecule has 0 atom stereocenters. The first-order chi connectivity index (χ1) is 24.5. The van der Waals surface area contributed by atoms with Crippen LogP contribution in [0.5, 0.6) is 5.75 Å². The number of nitrogens with zero attached hydrogens (tertiary/aromatic N) is 4. The van der Waals surface area contributed by atoms with Gasteiger partial charge in [0.1, 0.15) is 30.0 Å². The third kappa shape index (κ3) is 10.4. The number of anilines is 1. The minimum atomic E-state index is -4.43. The summed E-state index contributed by atoms with van der Waals surface area (Å²) in [4.78, 5) is 4.19. The molecule has 1 heterocycles. The lowest BCUT2D eigenvalue weighted by molar-refractivity contribution is -0.462. The van der Waals surface area contributed by atoms with Crippen LogP contribution in [0.2, 0.25) is 0 Å². The highest BCUT2D eigenvalue weighted by Crippen LogP contribution is 2.45. The number of azo groups is 1. The normalized spacial score (nSPS) is 14.1. The largest absolute Gasteiger partial charge is 0.744 e. The van der Waals surface area contributed by atoms with Crippen LogP contribution in [0.4, 0.5) is 17.1 Å². The summed E-state index contributed by atoms with van der Waals surface area (Å²) >= 11 is 1.82. The molecule has 0 aromatic heterocycles. The lowest BCUT2D eigenvalue weighted by Crippen LogP contribution is -2.10. The van der Waals surface area contributed by atoms with Crippen LogP contribution in [0.3, 0.4) is 0 Å². The minimum Gasteiger partial charge on any atom is -0.744 e. The van der Waals surface area contributed by atoms with Gasteiger partial charge in [-0.1, -0.05) is 54.2 Å². The van der Waals surface area contributed by atoms with E-state index in [0.717, 1.165) is 11.4 Å². The molecule has 8 nitrogen and oxygen atoms in total. The van der Waals surface area contributed by atoms with Gasteiger partial charge in [-0.3, -0.25) is 0 Å². The molecule has 0 saturated carbocycles. The fourth-order valence-corrected chi connectivity index (χ4v) is 6.59. The van der Waals surface area contributed by atoms with Gasteiger partial charge in [-0.05, 0) is 114 Å². The van der Waals surface area contributed by atoms with Crippen molar-refractivity contribution in [1.29, 1.82) is 0 Å². The molecular weight excluding hydrogens is 677 g/mol. The summed E-state index contributed by atoms with van der Waals surface area (Å²) in [7, 11) is 3.60. The van der Waals surface area contributed by atoms with Crippen LogP contribution < -0.4 is 9.64 Å². The molecule has 260 valence electrons. The van der Waals surface area contributed by atoms with Gasteiger partial charge in [0.2, 0.25) is 0 Å². The fourth-order valence-electron chi connectivity index (χ4n) is 5.00. The predicted octanol–water partition coefficient (Wildman–Crippen LogP) is 9.42. The number of hydrogen-bond acceptors (Lipinski definition) is 8. The minimum absolute atomic E-state index is 0.281. The predicted molar refractivity (Wildman–Crippen MR) is 209 cm³/mol. The van der Waals surface area contributed by atoms with Gasteiger partial charge in [0.05, 0.1) is 22.9 Å². The summed E-state index contributed by atoms with van der Waals surface area (Å²) in [6.07, 6.45) is 13.3. The first-order valence-electron chi connectivity index (χ1n) is 16.3. The Morgan fingerprint density at radius 1 is 0.706 bits per heavy atom. The van der Waals surface area contributed by atoms with E-state index >= 15 is 0 Å². The van der Waals surface area contributed by atoms with E-state index in [2.05, 4.69) is 108 Å². The number of allylic oxidation sites excluding steroid dienone is 8. The van der Waals surface area contributed by atoms with E-state index in [0.29, 0.717) is 18.0 Å². The van der Waals surface area contributed by atoms with Crippen LogP contribution in [0.1, 0.15) is 18.1 Å². The van der Waals surface area contributed by atoms with E-state index in [1.165, 1.54) is 62.1 Å². The smallest absolute Gasteiger partial charge is 0.199 e. The molecule has 2 aliphatic rings. The zero-order valence-corrected chi connectivity index (χ0v) is 30.9. The summed E-state index contributed by atoms with van der Waals surface area (Å²) in [5.41, 5.74) is 8.29. The molecule has 0 bridgehead atoms. The molecule has 4 aromatic rings. The van der Waals surface area contributed by atoms with Gasteiger partial charge in [0.15, 0.2) is 5.71 Å². The molecular formula is C41H40N4O4S2. The zero-order chi connectivity index (χ0) is 36.4. The number of ether oxygens (including phenoxy) is 1. The molecule has 0 fully saturated rings. The van der Waals surface area contributed by atoms with Crippen molar-refractivity contribution in [3.8, 4) is 5.75 Å². The Morgan fingerprint density at radius 2 is 1.24 bits per heavy atom. The Balaban J connectivity index is 0.000000211. The van der Waals surface area contributed by atoms with Gasteiger partial charge in [0, 0.05) is 41.7 Å². The van der Waals surface area contributed by atoms with Gasteiger partial charge in [-0.15, -0.1) is 0 Å². The highest BCUT2D eigenvalue weighted by Gasteiger charge is 2.17. The molecule has 51 heavy (non-hydrogen) atoms. The SMILES string of the molecule is CCOc1ccc(C2=CC(=C3C=CC(=[N+](C)C)C=C3)C=C(c3ccccc3)S2)cc1.CN(C)c1ccc(N=Nc2ccc(S(=O)(=O)[O-])cc2)cc1. The second-order valence-electron chi connectivity index (χ2n) is 11.9. The maximum absolute atomic E-state index is 10.8. The van der Waals surface area contributed by atoms with E-state index in [1.807, 2.05) is 74.1 Å². The van der Waals surface area contributed by atoms with Crippen LogP contribution in [-0.4, -0.2) is 58.1 Å². The van der Waals surface area contributed by atoms with Crippen molar-refractivity contribution >= 4 is 54.5 Å². The molecule has 0 radical (unpaired) electrons. The van der Waals surface area contributed by atoms with E-state index < -0.39 is 10.1 Å². The van der Waals surface area contributed by atoms with Gasteiger partial charge < -0.3 is 14.2 Å². The van der Waals surface area contributed by atoms with Gasteiger partial charge in [0.25, 0.3) is 0 Å². The van der Waals surface area contributed by atoms with Gasteiger partial charge >= 0.3 is 0 Å². The Bertz CT molecular complexity index is 2140. The fraction of sp³-hybridized carbons (Fsp3) is 0.146. The second-order valence-corrected chi connectivity index (χ2v) is 14.4. The summed E-state index contributed by atoms with van der Waals surface area (Å²) < 4.78 is 40.1. The number of hydrogen-bond donors (Lipinski definition) is 0. The van der Waals surface area contributed by atoms with Gasteiger partial charge in [-0.25, -0.2) is 13.0 Å². The van der Waals surface area contributed by atoms with Crippen LogP contribution in [-0.2, 0) is 10.1 Å². The summed E-state index contributed by atoms with van der Waals surface area (Å²) in [5, 5.41) is 8.04. The molecule has 0 spiro atoms. The first kappa shape index (κ1) is 37.0. The Morgan fingerprint density at radius 3 is 1.73 bits per heavy atom. The standard InChI is InChI=1S/C27H26NOS.C14H15N3O3S/c1-4-29-25-16-12-22(13-17-25)27-19-23(20-10-14-24(15-11-20)28(2)3)18-26(30-27)21-8-6-5-7-9-21;1-17(2)13-7-3-11(4-8-13)15-16-12-5-9-14(10-6-12)21(18,19)20/h5-19H,4H2,1-3H3;3-10H,1-2H3,(H,18,19,20)/q+1;/p-1. The average Bonchev–Trinajstić information content (AvgIpc) is 3.15. The molecule has 6 rings (SSSR count). The quantitative estimate of drug-likeness (QED) is 0.102. The van der Waals surface area contributed by atoms with Crippen molar-refractivity contribution < 1.29 is 22.3 Å². The highest BCUT2D eigenvalue weighted by atomic mass is 32.2. The van der Waals surface area contributed by atoms with Crippen LogP contribution in [0.25, 0.3) is 9.81 Å². The lowest BCUT2D eigenvalue weighted by Gasteiger charge is -2.19. The molecule has 1 aliphatic heterocycles. The first-order valence-corrected chi connectivity index (χ1v) is 18.5. The van der Waals surface area contributed by atoms with Crippen LogP contribution >= 0.6 is 11.8 Å². The third-order valence-electron chi connectivity index (χ3n) is 7.79. The van der Waals surface area contributed by atoms with Crippen molar-refractivity contribution in [2.24, 2.45) is 10.2 Å². The topological polar surface area (TPSA) is 97.4 Å². The van der Waals surface area contributed by atoms with E-state index in [9.17, 15) is 13.0 Å². The Labute approximate surface area is 305 Å². The van der Waals surface area contributed by atoms with E-state index in [1.54, 1.807) is 0 Å². The second kappa shape index (κ2) is 17.1. The van der Waals surface area contributed by atoms with Crippen molar-refractivity contribution in [2.45, 2.75) is 11.8 Å². The molecule has 0 saturated heterocycles. The van der Waals surface area contributed by atoms with E-state index in [4.69, 9.17) is 4.74 Å². The zero-order valence-electron chi connectivity index (χ0n) is 29.2. The Kier molecular flexibility index (Phi) is 12.4. The summed E-state index contributed by atoms with van der Waals surface area (Å²) in [6.45, 7) is 2.69. The molecule has 10 heteroatoms. The van der Waals surface area contributed by atoms with Crippen LogP contribution in [0, 0.1) is 0 Å². The summed E-state index contributed by atoms with van der Waals surface area (Å²) in [6, 6.07) is 31.8. The molecule has 0 amide bonds. The molecule has 0 N–H and O–H groups in total. The van der Waals surface area contributed by atoms with Crippen LogP contribution in [0.15, 0.2) is 166 Å². The highest BCUT2D eigenvalue weighted by molar-refractivity contribution is 8.16. The van der Waals surface area contributed by atoms with Crippen molar-refractivity contribution in [3.05, 3.63) is 162 Å². The van der Waals surface area contributed by atoms with Crippen molar-refractivity contribution in [2.75, 3.05) is 39.7 Å². The number of benzene rings is 4. The van der Waals surface area contributed by atoms with Crippen molar-refractivity contribution in [3.63, 3.8) is 0 Å². The molecule has 0 unspecified atom stereocenters.